The molecule has 0 amide bonds. The van der Waals surface area contributed by atoms with Crippen LogP contribution in [-0.2, 0) is 6.18 Å². The molecular weight excluding hydrogens is 478 g/mol. The zero-order valence-corrected chi connectivity index (χ0v) is 16.6. The fraction of sp³-hybridized carbons (Fsp3) is 0.150. The van der Waals surface area contributed by atoms with Gasteiger partial charge in [-0.2, -0.15) is 40.8 Å². The summed E-state index contributed by atoms with van der Waals surface area (Å²) in [6.45, 7) is 0. The van der Waals surface area contributed by atoms with Crippen LogP contribution in [0.3, 0.4) is 0 Å². The number of alkyl halides is 7. The second-order valence-electron chi connectivity index (χ2n) is 6.49. The van der Waals surface area contributed by atoms with Gasteiger partial charge in [-0.25, -0.2) is 14.8 Å². The minimum Gasteiger partial charge on any atom is -0.428 e. The number of ether oxygens (including phenoxy) is 1. The number of nitrogens with one attached hydrogen (secondary N) is 2. The lowest BCUT2D eigenvalue weighted by Gasteiger charge is -2.16. The van der Waals surface area contributed by atoms with E-state index in [-0.39, 0.29) is 17.5 Å². The maximum Gasteiger partial charge on any atom is 0.461 e. The van der Waals surface area contributed by atoms with E-state index < -0.39 is 35.8 Å². The highest BCUT2D eigenvalue weighted by atomic mass is 19.4. The summed E-state index contributed by atoms with van der Waals surface area (Å²) in [5.74, 6) is -1.88. The average molecular weight is 491 g/mol. The van der Waals surface area contributed by atoms with Crippen molar-refractivity contribution in [3.8, 4) is 5.75 Å². The molecule has 2 N–H and O–H groups in total. The molecular formula is C20H13F8N5O. The molecule has 0 aliphatic carbocycles. The maximum absolute atomic E-state index is 13.4. The first-order valence-corrected chi connectivity index (χ1v) is 9.15. The second-order valence-corrected chi connectivity index (χ2v) is 6.49. The highest BCUT2D eigenvalue weighted by Gasteiger charge is 2.43. The summed E-state index contributed by atoms with van der Waals surface area (Å²) in [7, 11) is 0. The molecule has 0 spiro atoms. The Hall–Kier alpha value is -3.97. The van der Waals surface area contributed by atoms with Crippen LogP contribution in [0.25, 0.3) is 0 Å². The van der Waals surface area contributed by atoms with Crippen molar-refractivity contribution in [1.29, 1.82) is 0 Å². The summed E-state index contributed by atoms with van der Waals surface area (Å²) in [6.07, 6.45) is -11.0. The van der Waals surface area contributed by atoms with Gasteiger partial charge in [0.25, 0.3) is 0 Å². The standard InChI is InChI=1S/C20H13F8N5O/c21-15-6-3-12(9-14(15)19(24,25)26)31-16-7-8-29-18(32-16)33-30-10-11-1-4-13(5-2-11)34-20(27,28)17(22)23/h1-10,17H,(H2,29,31,32,33)/b30-10+. The van der Waals surface area contributed by atoms with Crippen LogP contribution in [0.4, 0.5) is 52.6 Å². The number of hydrogen-bond acceptors (Lipinski definition) is 6. The number of benzene rings is 2. The monoisotopic (exact) mass is 491 g/mol. The Labute approximate surface area is 186 Å². The molecule has 0 saturated carbocycles. The molecule has 2 aromatic carbocycles. The van der Waals surface area contributed by atoms with Crippen molar-refractivity contribution in [3.63, 3.8) is 0 Å². The summed E-state index contributed by atoms with van der Waals surface area (Å²) in [4.78, 5) is 7.85. The SMILES string of the molecule is Fc1ccc(Nc2ccnc(N/N=C/c3ccc(OC(F)(F)C(F)F)cc3)n2)cc1C(F)(F)F. The summed E-state index contributed by atoms with van der Waals surface area (Å²) in [5.41, 5.74) is 1.32. The van der Waals surface area contributed by atoms with Crippen molar-refractivity contribution < 1.29 is 39.9 Å². The van der Waals surface area contributed by atoms with Gasteiger partial charge in [-0.15, -0.1) is 0 Å². The first kappa shape index (κ1) is 24.7. The molecule has 1 aromatic heterocycles. The van der Waals surface area contributed by atoms with Crippen LogP contribution in [-0.4, -0.2) is 28.7 Å². The van der Waals surface area contributed by atoms with Crippen LogP contribution < -0.4 is 15.5 Å². The third kappa shape index (κ3) is 6.52. The Bertz CT molecular complexity index is 1150. The number of rotatable bonds is 8. The minimum atomic E-state index is -4.87. The zero-order chi connectivity index (χ0) is 24.9. The molecule has 0 bridgehead atoms. The third-order valence-electron chi connectivity index (χ3n) is 3.97. The normalized spacial score (nSPS) is 12.3. The average Bonchev–Trinajstić information content (AvgIpc) is 2.75. The van der Waals surface area contributed by atoms with Crippen molar-refractivity contribution in [2.45, 2.75) is 18.7 Å². The molecule has 3 aromatic rings. The van der Waals surface area contributed by atoms with E-state index in [1.807, 2.05) is 0 Å². The Morgan fingerprint density at radius 2 is 1.68 bits per heavy atom. The molecule has 1 heterocycles. The van der Waals surface area contributed by atoms with Crippen LogP contribution in [0, 0.1) is 5.82 Å². The van der Waals surface area contributed by atoms with E-state index in [4.69, 9.17) is 0 Å². The fourth-order valence-electron chi connectivity index (χ4n) is 2.44. The van der Waals surface area contributed by atoms with Gasteiger partial charge in [-0.3, -0.25) is 0 Å². The van der Waals surface area contributed by atoms with E-state index >= 15 is 0 Å². The number of nitrogens with zero attached hydrogens (tertiary/aromatic N) is 3. The number of hydrogen-bond donors (Lipinski definition) is 2. The highest BCUT2D eigenvalue weighted by Crippen LogP contribution is 2.33. The van der Waals surface area contributed by atoms with Crippen molar-refractivity contribution in [2.24, 2.45) is 5.10 Å². The summed E-state index contributed by atoms with van der Waals surface area (Å²) in [5, 5.41) is 6.40. The molecule has 6 nitrogen and oxygen atoms in total. The molecule has 0 fully saturated rings. The number of anilines is 3. The van der Waals surface area contributed by atoms with Crippen LogP contribution in [0.15, 0.2) is 59.8 Å². The number of hydrazone groups is 1. The molecule has 0 aliphatic heterocycles. The Balaban J connectivity index is 1.63. The largest absolute Gasteiger partial charge is 0.461 e. The van der Waals surface area contributed by atoms with E-state index in [0.717, 1.165) is 18.2 Å². The van der Waals surface area contributed by atoms with Crippen molar-refractivity contribution in [2.75, 3.05) is 10.7 Å². The molecule has 0 radical (unpaired) electrons. The van der Waals surface area contributed by atoms with Crippen LogP contribution in [0.1, 0.15) is 11.1 Å². The molecule has 34 heavy (non-hydrogen) atoms. The van der Waals surface area contributed by atoms with E-state index in [9.17, 15) is 35.1 Å². The van der Waals surface area contributed by atoms with Gasteiger partial charge in [0.1, 0.15) is 17.4 Å². The Kier molecular flexibility index (Phi) is 7.17. The van der Waals surface area contributed by atoms with Gasteiger partial charge < -0.3 is 10.1 Å². The molecule has 0 saturated heterocycles. The topological polar surface area (TPSA) is 71.4 Å². The maximum atomic E-state index is 13.4. The first-order valence-electron chi connectivity index (χ1n) is 9.15. The lowest BCUT2D eigenvalue weighted by Crippen LogP contribution is -2.33. The quantitative estimate of drug-likeness (QED) is 0.228. The zero-order valence-electron chi connectivity index (χ0n) is 16.6. The van der Waals surface area contributed by atoms with Gasteiger partial charge in [-0.1, -0.05) is 0 Å². The lowest BCUT2D eigenvalue weighted by molar-refractivity contribution is -0.253. The van der Waals surface area contributed by atoms with E-state index in [0.29, 0.717) is 17.7 Å². The van der Waals surface area contributed by atoms with Gasteiger partial charge in [-0.05, 0) is 54.1 Å². The molecule has 14 heteroatoms. The predicted octanol–water partition coefficient (Wildman–Crippen LogP) is 6.06. The molecule has 3 rings (SSSR count). The van der Waals surface area contributed by atoms with Gasteiger partial charge in [0.2, 0.25) is 5.95 Å². The molecule has 0 aliphatic rings. The van der Waals surface area contributed by atoms with Gasteiger partial charge >= 0.3 is 18.7 Å². The van der Waals surface area contributed by atoms with E-state index in [1.165, 1.54) is 30.6 Å². The first-order chi connectivity index (χ1) is 15.9. The van der Waals surface area contributed by atoms with Gasteiger partial charge in [0.05, 0.1) is 11.8 Å². The van der Waals surface area contributed by atoms with Crippen molar-refractivity contribution in [1.82, 2.24) is 9.97 Å². The highest BCUT2D eigenvalue weighted by molar-refractivity contribution is 5.80. The Morgan fingerprint density at radius 1 is 0.971 bits per heavy atom. The van der Waals surface area contributed by atoms with Crippen molar-refractivity contribution in [3.05, 3.63) is 71.7 Å². The number of aromatic nitrogens is 2. The third-order valence-corrected chi connectivity index (χ3v) is 3.97. The lowest BCUT2D eigenvalue weighted by atomic mass is 10.2. The van der Waals surface area contributed by atoms with Gasteiger partial charge in [0, 0.05) is 11.9 Å². The summed E-state index contributed by atoms with van der Waals surface area (Å²) in [6, 6.07) is 8.32. The summed E-state index contributed by atoms with van der Waals surface area (Å²) < 4.78 is 106. The predicted molar refractivity (Wildman–Crippen MR) is 106 cm³/mol. The molecule has 0 unspecified atom stereocenters. The smallest absolute Gasteiger partial charge is 0.428 e. The van der Waals surface area contributed by atoms with Crippen LogP contribution in [0.5, 0.6) is 5.75 Å². The van der Waals surface area contributed by atoms with Crippen molar-refractivity contribution >= 4 is 23.7 Å². The van der Waals surface area contributed by atoms with Crippen LogP contribution >= 0.6 is 0 Å². The van der Waals surface area contributed by atoms with Gasteiger partial charge in [0.15, 0.2) is 0 Å². The number of halogens is 8. The molecule has 0 atom stereocenters. The fourth-order valence-corrected chi connectivity index (χ4v) is 2.44. The van der Waals surface area contributed by atoms with E-state index in [2.05, 4.69) is 30.5 Å². The minimum absolute atomic E-state index is 0.0593. The van der Waals surface area contributed by atoms with E-state index in [1.54, 1.807) is 0 Å². The second kappa shape index (κ2) is 9.89. The molecule has 180 valence electrons. The summed E-state index contributed by atoms with van der Waals surface area (Å²) >= 11 is 0. The Morgan fingerprint density at radius 3 is 2.32 bits per heavy atom. The van der Waals surface area contributed by atoms with Crippen LogP contribution in [0.2, 0.25) is 0 Å².